The fourth-order valence-corrected chi connectivity index (χ4v) is 1.32. The summed E-state index contributed by atoms with van der Waals surface area (Å²) in [6.07, 6.45) is -0.492. The number of benzene rings is 1. The molecule has 0 bridgehead atoms. The number of carbonyl (C=O) groups is 1. The second-order valence-electron chi connectivity index (χ2n) is 4.39. The Kier molecular flexibility index (Phi) is 4.50. The van der Waals surface area contributed by atoms with E-state index >= 15 is 0 Å². The van der Waals surface area contributed by atoms with Gasteiger partial charge in [-0.1, -0.05) is 31.5 Å². The Balaban J connectivity index is 2.53. The minimum absolute atomic E-state index is 0.136. The van der Waals surface area contributed by atoms with E-state index in [1.165, 1.54) is 0 Å². The molecule has 1 aromatic rings. The summed E-state index contributed by atoms with van der Waals surface area (Å²) < 4.78 is 0. The molecule has 1 unspecified atom stereocenters. The van der Waals surface area contributed by atoms with Gasteiger partial charge in [-0.25, -0.2) is 0 Å². The third kappa shape index (κ3) is 3.66. The minimum atomic E-state index is -0.492. The molecule has 0 saturated heterocycles. The Morgan fingerprint density at radius 2 is 2.12 bits per heavy atom. The van der Waals surface area contributed by atoms with Crippen LogP contribution in [0.15, 0.2) is 24.3 Å². The van der Waals surface area contributed by atoms with Crippen molar-refractivity contribution in [1.82, 2.24) is 5.32 Å². The van der Waals surface area contributed by atoms with Crippen LogP contribution in [0.4, 0.5) is 0 Å². The standard InChI is InChI=1S/C13H19NO2/c1-9(2)12(15)8-14-13(16)11-6-4-5-10(3)7-11/h4-7,9,12,15H,8H2,1-3H3,(H,14,16). The fraction of sp³-hybridized carbons (Fsp3) is 0.462. The average molecular weight is 221 g/mol. The van der Waals surface area contributed by atoms with E-state index in [-0.39, 0.29) is 11.8 Å². The molecule has 0 aliphatic carbocycles. The van der Waals surface area contributed by atoms with Crippen molar-refractivity contribution in [3.8, 4) is 0 Å². The predicted molar refractivity (Wildman–Crippen MR) is 64.4 cm³/mol. The summed E-state index contributed by atoms with van der Waals surface area (Å²) in [5.74, 6) is 0.0150. The SMILES string of the molecule is Cc1cccc(C(=O)NCC(O)C(C)C)c1. The Bertz CT molecular complexity index is 361. The van der Waals surface area contributed by atoms with Crippen molar-refractivity contribution in [1.29, 1.82) is 0 Å². The van der Waals surface area contributed by atoms with Crippen molar-refractivity contribution >= 4 is 5.91 Å². The Hall–Kier alpha value is -1.35. The van der Waals surface area contributed by atoms with Gasteiger partial charge in [0.1, 0.15) is 0 Å². The van der Waals surface area contributed by atoms with Crippen LogP contribution in [0.3, 0.4) is 0 Å². The minimum Gasteiger partial charge on any atom is -0.391 e. The third-order valence-electron chi connectivity index (χ3n) is 2.52. The summed E-state index contributed by atoms with van der Waals surface area (Å²) >= 11 is 0. The second-order valence-corrected chi connectivity index (χ2v) is 4.39. The van der Waals surface area contributed by atoms with E-state index in [4.69, 9.17) is 0 Å². The monoisotopic (exact) mass is 221 g/mol. The maximum absolute atomic E-state index is 11.7. The van der Waals surface area contributed by atoms with E-state index in [1.54, 1.807) is 6.07 Å². The van der Waals surface area contributed by atoms with Crippen LogP contribution in [0, 0.1) is 12.8 Å². The fourth-order valence-electron chi connectivity index (χ4n) is 1.32. The number of hydrogen-bond acceptors (Lipinski definition) is 2. The van der Waals surface area contributed by atoms with Crippen LogP contribution in [0.25, 0.3) is 0 Å². The van der Waals surface area contributed by atoms with Crippen LogP contribution >= 0.6 is 0 Å². The molecule has 0 saturated carbocycles. The quantitative estimate of drug-likeness (QED) is 0.813. The first-order chi connectivity index (χ1) is 7.50. The molecule has 0 aromatic heterocycles. The molecule has 88 valence electrons. The molecule has 0 fully saturated rings. The molecule has 0 heterocycles. The molecule has 3 nitrogen and oxygen atoms in total. The van der Waals surface area contributed by atoms with Crippen molar-refractivity contribution in [3.05, 3.63) is 35.4 Å². The highest BCUT2D eigenvalue weighted by Gasteiger charge is 2.11. The van der Waals surface area contributed by atoms with Crippen molar-refractivity contribution in [2.45, 2.75) is 26.9 Å². The van der Waals surface area contributed by atoms with Gasteiger partial charge in [-0.15, -0.1) is 0 Å². The van der Waals surface area contributed by atoms with Crippen molar-refractivity contribution < 1.29 is 9.90 Å². The van der Waals surface area contributed by atoms with Gasteiger partial charge < -0.3 is 10.4 Å². The van der Waals surface area contributed by atoms with Crippen molar-refractivity contribution in [2.24, 2.45) is 5.92 Å². The smallest absolute Gasteiger partial charge is 0.251 e. The number of aliphatic hydroxyl groups is 1. The lowest BCUT2D eigenvalue weighted by molar-refractivity contribution is 0.0871. The van der Waals surface area contributed by atoms with E-state index in [0.717, 1.165) is 5.56 Å². The highest BCUT2D eigenvalue weighted by molar-refractivity contribution is 5.94. The highest BCUT2D eigenvalue weighted by Crippen LogP contribution is 2.04. The number of hydrogen-bond donors (Lipinski definition) is 2. The Labute approximate surface area is 96.5 Å². The molecule has 0 aliphatic rings. The highest BCUT2D eigenvalue weighted by atomic mass is 16.3. The van der Waals surface area contributed by atoms with Gasteiger partial charge in [0, 0.05) is 12.1 Å². The number of aliphatic hydroxyl groups excluding tert-OH is 1. The topological polar surface area (TPSA) is 49.3 Å². The molecular formula is C13H19NO2. The van der Waals surface area contributed by atoms with E-state index in [2.05, 4.69) is 5.32 Å². The molecular weight excluding hydrogens is 202 g/mol. The first kappa shape index (κ1) is 12.7. The predicted octanol–water partition coefficient (Wildman–Crippen LogP) is 1.74. The zero-order valence-corrected chi connectivity index (χ0v) is 10.0. The Morgan fingerprint density at radius 1 is 1.44 bits per heavy atom. The number of rotatable bonds is 4. The Morgan fingerprint density at radius 3 is 2.69 bits per heavy atom. The van der Waals surface area contributed by atoms with Gasteiger partial charge in [0.25, 0.3) is 5.91 Å². The molecule has 1 aromatic carbocycles. The average Bonchev–Trinajstić information content (AvgIpc) is 2.25. The van der Waals surface area contributed by atoms with Crippen LogP contribution in [0.2, 0.25) is 0 Å². The summed E-state index contributed by atoms with van der Waals surface area (Å²) in [5, 5.41) is 12.3. The van der Waals surface area contributed by atoms with E-state index in [0.29, 0.717) is 12.1 Å². The van der Waals surface area contributed by atoms with Gasteiger partial charge in [0.2, 0.25) is 0 Å². The summed E-state index contributed by atoms with van der Waals surface area (Å²) in [7, 11) is 0. The third-order valence-corrected chi connectivity index (χ3v) is 2.52. The maximum atomic E-state index is 11.7. The summed E-state index contributed by atoms with van der Waals surface area (Å²) in [4.78, 5) is 11.7. The summed E-state index contributed by atoms with van der Waals surface area (Å²) in [5.41, 5.74) is 1.69. The van der Waals surface area contributed by atoms with Gasteiger partial charge in [-0.2, -0.15) is 0 Å². The normalized spacial score (nSPS) is 12.6. The zero-order valence-electron chi connectivity index (χ0n) is 10.0. The first-order valence-electron chi connectivity index (χ1n) is 5.53. The molecule has 2 N–H and O–H groups in total. The number of amides is 1. The van der Waals surface area contributed by atoms with E-state index < -0.39 is 6.10 Å². The second kappa shape index (κ2) is 5.66. The molecule has 1 atom stereocenters. The van der Waals surface area contributed by atoms with Gasteiger partial charge >= 0.3 is 0 Å². The molecule has 1 rings (SSSR count). The molecule has 0 radical (unpaired) electrons. The molecule has 1 amide bonds. The summed E-state index contributed by atoms with van der Waals surface area (Å²) in [6, 6.07) is 7.39. The first-order valence-corrected chi connectivity index (χ1v) is 5.53. The molecule has 3 heteroatoms. The van der Waals surface area contributed by atoms with Crippen LogP contribution in [-0.2, 0) is 0 Å². The van der Waals surface area contributed by atoms with Crippen LogP contribution in [0.1, 0.15) is 29.8 Å². The van der Waals surface area contributed by atoms with Gasteiger partial charge in [0.05, 0.1) is 6.10 Å². The lowest BCUT2D eigenvalue weighted by atomic mass is 10.1. The van der Waals surface area contributed by atoms with E-state index in [9.17, 15) is 9.90 Å². The van der Waals surface area contributed by atoms with Gasteiger partial charge in [-0.05, 0) is 25.0 Å². The van der Waals surface area contributed by atoms with Crippen LogP contribution in [0.5, 0.6) is 0 Å². The van der Waals surface area contributed by atoms with E-state index in [1.807, 2.05) is 39.0 Å². The zero-order chi connectivity index (χ0) is 12.1. The maximum Gasteiger partial charge on any atom is 0.251 e. The molecule has 0 spiro atoms. The lowest BCUT2D eigenvalue weighted by Gasteiger charge is -2.15. The van der Waals surface area contributed by atoms with Crippen LogP contribution < -0.4 is 5.32 Å². The molecule has 16 heavy (non-hydrogen) atoms. The largest absolute Gasteiger partial charge is 0.391 e. The number of aryl methyl sites for hydroxylation is 1. The lowest BCUT2D eigenvalue weighted by Crippen LogP contribution is -2.34. The van der Waals surface area contributed by atoms with Crippen molar-refractivity contribution in [3.63, 3.8) is 0 Å². The molecule has 0 aliphatic heterocycles. The van der Waals surface area contributed by atoms with Gasteiger partial charge in [0.15, 0.2) is 0 Å². The van der Waals surface area contributed by atoms with Gasteiger partial charge in [-0.3, -0.25) is 4.79 Å². The number of nitrogens with one attached hydrogen (secondary N) is 1. The number of carbonyl (C=O) groups excluding carboxylic acids is 1. The van der Waals surface area contributed by atoms with Crippen LogP contribution in [-0.4, -0.2) is 23.7 Å². The summed E-state index contributed by atoms with van der Waals surface area (Å²) in [6.45, 7) is 6.08. The van der Waals surface area contributed by atoms with Crippen molar-refractivity contribution in [2.75, 3.05) is 6.54 Å².